The summed E-state index contributed by atoms with van der Waals surface area (Å²) in [5, 5.41) is 6.92. The fourth-order valence-corrected chi connectivity index (χ4v) is 4.34. The van der Waals surface area contributed by atoms with Gasteiger partial charge in [-0.1, -0.05) is 72.8 Å². The van der Waals surface area contributed by atoms with E-state index in [-0.39, 0.29) is 0 Å². The molecule has 31 heavy (non-hydrogen) atoms. The molecule has 0 saturated heterocycles. The van der Waals surface area contributed by atoms with E-state index < -0.39 is 0 Å². The molecule has 0 fully saturated rings. The lowest BCUT2D eigenvalue weighted by atomic mass is 10.0. The number of para-hydroxylation sites is 2. The molecule has 1 aliphatic rings. The molecule has 4 heteroatoms. The second kappa shape index (κ2) is 6.89. The monoisotopic (exact) mass is 400 g/mol. The number of nitrogens with two attached hydrogens (primary N) is 1. The zero-order chi connectivity index (χ0) is 20.8. The number of rotatable bonds is 3. The first-order valence-electron chi connectivity index (χ1n) is 10.3. The van der Waals surface area contributed by atoms with Gasteiger partial charge in [0.05, 0.1) is 11.4 Å². The Balaban J connectivity index is 1.37. The van der Waals surface area contributed by atoms with E-state index in [4.69, 9.17) is 10.7 Å². The number of aliphatic imine (C=N–C) groups is 1. The van der Waals surface area contributed by atoms with Gasteiger partial charge >= 0.3 is 0 Å². The second-order valence-electron chi connectivity index (χ2n) is 7.71. The molecule has 148 valence electrons. The molecule has 4 N–H and O–H groups in total. The average molecular weight is 400 g/mol. The molecule has 6 rings (SSSR count). The molecule has 0 radical (unpaired) electrons. The lowest BCUT2D eigenvalue weighted by molar-refractivity contribution is 1.42. The molecule has 0 amide bonds. The highest BCUT2D eigenvalue weighted by Gasteiger charge is 2.13. The third kappa shape index (κ3) is 2.97. The van der Waals surface area contributed by atoms with Crippen molar-refractivity contribution in [3.63, 3.8) is 0 Å². The summed E-state index contributed by atoms with van der Waals surface area (Å²) in [5.74, 6) is 0.358. The number of benzene rings is 4. The fraction of sp³-hybridized carbons (Fsp3) is 0. The van der Waals surface area contributed by atoms with Crippen molar-refractivity contribution in [3.05, 3.63) is 96.1 Å². The standard InChI is InChI=1S/C27H20N4/c28-27(31-24-15-13-18-8-5-7-17-12-14-21(24)26(17)18)30-23-11-4-2-9-20(23)25-16-19-6-1-3-10-22(19)29-25/h1-16,29H,(H3,28,30,31). The van der Waals surface area contributed by atoms with E-state index in [1.54, 1.807) is 0 Å². The van der Waals surface area contributed by atoms with Crippen molar-refractivity contribution in [1.29, 1.82) is 0 Å². The van der Waals surface area contributed by atoms with Crippen LogP contribution in [0, 0.1) is 0 Å². The first-order valence-corrected chi connectivity index (χ1v) is 10.3. The van der Waals surface area contributed by atoms with Crippen molar-refractivity contribution in [2.75, 3.05) is 5.32 Å². The van der Waals surface area contributed by atoms with Crippen LogP contribution in [0.1, 0.15) is 11.1 Å². The molecule has 5 aromatic rings. The first kappa shape index (κ1) is 17.5. The number of aromatic amines is 1. The van der Waals surface area contributed by atoms with Crippen molar-refractivity contribution in [2.24, 2.45) is 10.7 Å². The van der Waals surface area contributed by atoms with E-state index in [0.29, 0.717) is 5.96 Å². The summed E-state index contributed by atoms with van der Waals surface area (Å²) < 4.78 is 0. The topological polar surface area (TPSA) is 66.2 Å². The summed E-state index contributed by atoms with van der Waals surface area (Å²) in [6.07, 6.45) is 4.24. The number of fused-ring (bicyclic) bond motifs is 1. The molecule has 0 bridgehead atoms. The number of nitrogens with zero attached hydrogens (tertiary/aromatic N) is 1. The summed E-state index contributed by atoms with van der Waals surface area (Å²) in [4.78, 5) is 8.20. The molecule has 1 heterocycles. The highest BCUT2D eigenvalue weighted by molar-refractivity contribution is 6.09. The smallest absolute Gasteiger partial charge is 0.198 e. The number of anilines is 1. The molecule has 4 nitrogen and oxygen atoms in total. The van der Waals surface area contributed by atoms with Gasteiger partial charge < -0.3 is 16.0 Å². The van der Waals surface area contributed by atoms with Crippen LogP contribution in [0.3, 0.4) is 0 Å². The molecule has 1 aromatic heterocycles. The molecule has 0 unspecified atom stereocenters. The summed E-state index contributed by atoms with van der Waals surface area (Å²) in [6.45, 7) is 0. The quantitative estimate of drug-likeness (QED) is 0.233. The zero-order valence-electron chi connectivity index (χ0n) is 16.8. The molecule has 0 aliphatic heterocycles. The molecule has 1 aliphatic carbocycles. The highest BCUT2D eigenvalue weighted by Crippen LogP contribution is 2.37. The maximum Gasteiger partial charge on any atom is 0.198 e. The van der Waals surface area contributed by atoms with Gasteiger partial charge in [-0.05, 0) is 40.6 Å². The predicted molar refractivity (Wildman–Crippen MR) is 132 cm³/mol. The van der Waals surface area contributed by atoms with E-state index in [9.17, 15) is 0 Å². The van der Waals surface area contributed by atoms with Crippen molar-refractivity contribution < 1.29 is 0 Å². The van der Waals surface area contributed by atoms with E-state index in [1.807, 2.05) is 36.4 Å². The Kier molecular flexibility index (Phi) is 3.90. The van der Waals surface area contributed by atoms with Crippen molar-refractivity contribution in [3.8, 4) is 11.3 Å². The first-order chi connectivity index (χ1) is 15.3. The van der Waals surface area contributed by atoms with Crippen LogP contribution in [0.25, 0.3) is 45.1 Å². The van der Waals surface area contributed by atoms with Gasteiger partial charge in [0, 0.05) is 27.7 Å². The van der Waals surface area contributed by atoms with Gasteiger partial charge in [0.1, 0.15) is 0 Å². The van der Waals surface area contributed by atoms with Gasteiger partial charge in [-0.3, -0.25) is 0 Å². The third-order valence-corrected chi connectivity index (χ3v) is 5.78. The van der Waals surface area contributed by atoms with E-state index in [2.05, 4.69) is 71.0 Å². The van der Waals surface area contributed by atoms with Crippen LogP contribution in [-0.4, -0.2) is 10.9 Å². The van der Waals surface area contributed by atoms with Crippen LogP contribution in [0.2, 0.25) is 0 Å². The summed E-state index contributed by atoms with van der Waals surface area (Å²) in [7, 11) is 0. The largest absolute Gasteiger partial charge is 0.369 e. The number of nitrogens with one attached hydrogen (secondary N) is 2. The van der Waals surface area contributed by atoms with E-state index in [0.717, 1.165) is 33.7 Å². The van der Waals surface area contributed by atoms with Gasteiger partial charge in [-0.2, -0.15) is 0 Å². The van der Waals surface area contributed by atoms with Gasteiger partial charge in [0.15, 0.2) is 5.96 Å². The van der Waals surface area contributed by atoms with Crippen LogP contribution in [0.4, 0.5) is 11.4 Å². The Labute approximate surface area is 179 Å². The van der Waals surface area contributed by atoms with E-state index >= 15 is 0 Å². The summed E-state index contributed by atoms with van der Waals surface area (Å²) in [6, 6.07) is 29.0. The normalized spacial score (nSPS) is 12.7. The van der Waals surface area contributed by atoms with Crippen molar-refractivity contribution in [1.82, 2.24) is 4.98 Å². The lowest BCUT2D eigenvalue weighted by Gasteiger charge is -2.11. The molecular weight excluding hydrogens is 380 g/mol. The minimum atomic E-state index is 0.358. The molecule has 4 aromatic carbocycles. The molecule has 0 spiro atoms. The number of aromatic nitrogens is 1. The van der Waals surface area contributed by atoms with E-state index in [1.165, 1.54) is 21.7 Å². The molecular formula is C27H20N4. The average Bonchev–Trinajstić information content (AvgIpc) is 3.42. The van der Waals surface area contributed by atoms with Crippen molar-refractivity contribution >= 4 is 51.2 Å². The number of hydrogen-bond acceptors (Lipinski definition) is 1. The van der Waals surface area contributed by atoms with Gasteiger partial charge in [0.25, 0.3) is 0 Å². The molecule has 0 atom stereocenters. The summed E-state index contributed by atoms with van der Waals surface area (Å²) >= 11 is 0. The van der Waals surface area contributed by atoms with Crippen LogP contribution < -0.4 is 11.1 Å². The zero-order valence-corrected chi connectivity index (χ0v) is 16.8. The minimum absolute atomic E-state index is 0.358. The SMILES string of the molecule is NC(=Nc1ccc2cccc3c2c1C=C3)Nc1ccccc1-c1cc2ccccc2[nH]1. The minimum Gasteiger partial charge on any atom is -0.369 e. The van der Waals surface area contributed by atoms with Gasteiger partial charge in [-0.15, -0.1) is 0 Å². The summed E-state index contributed by atoms with van der Waals surface area (Å²) in [5.41, 5.74) is 13.6. The van der Waals surface area contributed by atoms with Crippen LogP contribution in [0.15, 0.2) is 89.9 Å². The Morgan fingerprint density at radius 3 is 2.58 bits per heavy atom. The molecule has 0 saturated carbocycles. The third-order valence-electron chi connectivity index (χ3n) is 5.78. The van der Waals surface area contributed by atoms with Crippen LogP contribution in [-0.2, 0) is 0 Å². The fourth-order valence-electron chi connectivity index (χ4n) is 4.34. The van der Waals surface area contributed by atoms with Gasteiger partial charge in [-0.25, -0.2) is 4.99 Å². The van der Waals surface area contributed by atoms with Crippen LogP contribution in [0.5, 0.6) is 0 Å². The Morgan fingerprint density at radius 2 is 1.65 bits per heavy atom. The Hall–Kier alpha value is -4.31. The van der Waals surface area contributed by atoms with Crippen molar-refractivity contribution in [2.45, 2.75) is 0 Å². The number of hydrogen-bond donors (Lipinski definition) is 3. The number of guanidine groups is 1. The highest BCUT2D eigenvalue weighted by atomic mass is 15.1. The predicted octanol–water partition coefficient (Wildman–Crippen LogP) is 6.53. The maximum atomic E-state index is 6.35. The maximum absolute atomic E-state index is 6.35. The Bertz CT molecular complexity index is 1490. The number of H-pyrrole nitrogens is 1. The van der Waals surface area contributed by atoms with Gasteiger partial charge in [0.2, 0.25) is 0 Å². The lowest BCUT2D eigenvalue weighted by Crippen LogP contribution is -2.22. The Morgan fingerprint density at radius 1 is 0.806 bits per heavy atom. The van der Waals surface area contributed by atoms with Crippen LogP contribution >= 0.6 is 0 Å². The second-order valence-corrected chi connectivity index (χ2v) is 7.71.